The van der Waals surface area contributed by atoms with Crippen LogP contribution in [0.4, 0.5) is 5.69 Å². The summed E-state index contributed by atoms with van der Waals surface area (Å²) in [4.78, 5) is 36.1. The molecule has 0 aliphatic carbocycles. The maximum Gasteiger partial charge on any atom is 0.357 e. The van der Waals surface area contributed by atoms with Gasteiger partial charge in [0.1, 0.15) is 5.69 Å². The number of nitro groups is 1. The van der Waals surface area contributed by atoms with Gasteiger partial charge in [-0.1, -0.05) is 0 Å². The second kappa shape index (κ2) is 9.05. The Hall–Kier alpha value is -3.05. The Morgan fingerprint density at radius 2 is 1.78 bits per heavy atom. The highest BCUT2D eigenvalue weighted by molar-refractivity contribution is 5.71. The molecule has 0 amide bonds. The third kappa shape index (κ3) is 4.57. The Balaban J connectivity index is 2.70. The molecule has 0 atom stereocenters. The predicted octanol–water partition coefficient (Wildman–Crippen LogP) is 0.115. The van der Waals surface area contributed by atoms with Crippen LogP contribution in [-0.2, 0) is 29.6 Å². The number of rotatable bonds is 9. The molecule has 2 aromatic rings. The van der Waals surface area contributed by atoms with E-state index in [1.165, 1.54) is 20.3 Å². The number of hydrogen-bond acceptors (Lipinski definition) is 7. The third-order valence-electron chi connectivity index (χ3n) is 3.82. The van der Waals surface area contributed by atoms with Crippen LogP contribution in [-0.4, -0.2) is 51.3 Å². The van der Waals surface area contributed by atoms with Gasteiger partial charge < -0.3 is 9.47 Å². The highest BCUT2D eigenvalue weighted by Gasteiger charge is 2.26. The molecule has 0 fully saturated rings. The van der Waals surface area contributed by atoms with Crippen LogP contribution in [0.3, 0.4) is 0 Å². The number of hydrogen-bond donors (Lipinski definition) is 0. The van der Waals surface area contributed by atoms with Gasteiger partial charge in [-0.2, -0.15) is 5.10 Å². The van der Waals surface area contributed by atoms with E-state index in [1.807, 2.05) is 0 Å². The van der Waals surface area contributed by atoms with Gasteiger partial charge in [0.25, 0.3) is 0 Å². The summed E-state index contributed by atoms with van der Waals surface area (Å²) in [6, 6.07) is 0. The lowest BCUT2D eigenvalue weighted by Crippen LogP contribution is -2.43. The zero-order chi connectivity index (χ0) is 20.0. The SMILES string of the molecule is COCCn1c(/C=C/c2cnn(C)c2)c([N+](=O)[O-])c(=O)n(CCOC)c1=O. The van der Waals surface area contributed by atoms with Gasteiger partial charge in [-0.15, -0.1) is 0 Å². The summed E-state index contributed by atoms with van der Waals surface area (Å²) in [5, 5.41) is 15.6. The highest BCUT2D eigenvalue weighted by Crippen LogP contribution is 2.16. The summed E-state index contributed by atoms with van der Waals surface area (Å²) >= 11 is 0. The van der Waals surface area contributed by atoms with E-state index in [0.29, 0.717) is 5.56 Å². The number of ether oxygens (including phenoxy) is 2. The van der Waals surface area contributed by atoms with E-state index < -0.39 is 21.9 Å². The van der Waals surface area contributed by atoms with E-state index >= 15 is 0 Å². The van der Waals surface area contributed by atoms with Crippen LogP contribution in [0.15, 0.2) is 22.0 Å². The van der Waals surface area contributed by atoms with E-state index in [0.717, 1.165) is 9.13 Å². The van der Waals surface area contributed by atoms with E-state index in [9.17, 15) is 19.7 Å². The van der Waals surface area contributed by atoms with Crippen molar-refractivity contribution in [2.75, 3.05) is 27.4 Å². The molecule has 0 N–H and O–H groups in total. The van der Waals surface area contributed by atoms with Gasteiger partial charge in [-0.25, -0.2) is 4.79 Å². The van der Waals surface area contributed by atoms with Crippen LogP contribution >= 0.6 is 0 Å². The van der Waals surface area contributed by atoms with Crippen LogP contribution in [0.1, 0.15) is 11.3 Å². The Morgan fingerprint density at radius 3 is 2.30 bits per heavy atom. The zero-order valence-electron chi connectivity index (χ0n) is 15.3. The second-order valence-corrected chi connectivity index (χ2v) is 5.65. The van der Waals surface area contributed by atoms with Crippen molar-refractivity contribution in [2.24, 2.45) is 7.05 Å². The Bertz CT molecular complexity index is 955. The van der Waals surface area contributed by atoms with Gasteiger partial charge in [-0.3, -0.25) is 28.7 Å². The Kier molecular flexibility index (Phi) is 6.79. The largest absolute Gasteiger partial charge is 0.383 e. The maximum absolute atomic E-state index is 12.8. The van der Waals surface area contributed by atoms with Crippen LogP contribution in [0.2, 0.25) is 0 Å². The number of aromatic nitrogens is 4. The Morgan fingerprint density at radius 1 is 1.15 bits per heavy atom. The predicted molar refractivity (Wildman–Crippen MR) is 97.5 cm³/mol. The number of aryl methyl sites for hydroxylation is 1. The van der Waals surface area contributed by atoms with Gasteiger partial charge in [0, 0.05) is 33.0 Å². The molecule has 146 valence electrons. The van der Waals surface area contributed by atoms with E-state index in [4.69, 9.17) is 9.47 Å². The normalized spacial score (nSPS) is 11.4. The smallest absolute Gasteiger partial charge is 0.357 e. The van der Waals surface area contributed by atoms with Gasteiger partial charge in [0.05, 0.1) is 37.4 Å². The first-order chi connectivity index (χ1) is 12.9. The lowest BCUT2D eigenvalue weighted by molar-refractivity contribution is -0.387. The first-order valence-corrected chi connectivity index (χ1v) is 8.07. The average Bonchev–Trinajstić information content (AvgIpc) is 3.04. The molecule has 0 aliphatic rings. The summed E-state index contributed by atoms with van der Waals surface area (Å²) in [6.07, 6.45) is 6.17. The molecule has 27 heavy (non-hydrogen) atoms. The van der Waals surface area contributed by atoms with Crippen molar-refractivity contribution in [1.29, 1.82) is 0 Å². The molecule has 11 nitrogen and oxygen atoms in total. The lowest BCUT2D eigenvalue weighted by atomic mass is 10.2. The maximum atomic E-state index is 12.8. The second-order valence-electron chi connectivity index (χ2n) is 5.65. The summed E-state index contributed by atoms with van der Waals surface area (Å²) in [7, 11) is 4.59. The van der Waals surface area contributed by atoms with E-state index in [-0.39, 0.29) is 32.0 Å². The topological polar surface area (TPSA) is 123 Å². The van der Waals surface area contributed by atoms with Gasteiger partial charge >= 0.3 is 16.9 Å². The van der Waals surface area contributed by atoms with Crippen molar-refractivity contribution in [1.82, 2.24) is 18.9 Å². The first kappa shape index (κ1) is 20.3. The average molecular weight is 379 g/mol. The zero-order valence-corrected chi connectivity index (χ0v) is 15.3. The van der Waals surface area contributed by atoms with Crippen LogP contribution in [0.5, 0.6) is 0 Å². The van der Waals surface area contributed by atoms with Gasteiger partial charge in [-0.05, 0) is 12.2 Å². The lowest BCUT2D eigenvalue weighted by Gasteiger charge is -2.13. The number of methoxy groups -OCH3 is 2. The van der Waals surface area contributed by atoms with Gasteiger partial charge in [0.2, 0.25) is 0 Å². The summed E-state index contributed by atoms with van der Waals surface area (Å²) in [6.45, 7) is 0.180. The van der Waals surface area contributed by atoms with E-state index in [1.54, 1.807) is 30.2 Å². The third-order valence-corrected chi connectivity index (χ3v) is 3.82. The quantitative estimate of drug-likeness (QED) is 0.447. The minimum Gasteiger partial charge on any atom is -0.383 e. The summed E-state index contributed by atoms with van der Waals surface area (Å²) in [5.41, 5.74) is -1.74. The molecule has 2 heterocycles. The molecule has 2 rings (SSSR count). The van der Waals surface area contributed by atoms with Crippen molar-refractivity contribution in [3.05, 3.63) is 54.6 Å². The van der Waals surface area contributed by atoms with Crippen molar-refractivity contribution in [3.63, 3.8) is 0 Å². The summed E-state index contributed by atoms with van der Waals surface area (Å²) < 4.78 is 13.4. The first-order valence-electron chi connectivity index (χ1n) is 8.07. The van der Waals surface area contributed by atoms with Crippen molar-refractivity contribution in [2.45, 2.75) is 13.1 Å². The molecule has 0 saturated heterocycles. The molecule has 0 saturated carbocycles. The molecular weight excluding hydrogens is 358 g/mol. The molecule has 11 heteroatoms. The Labute approximate surface area is 154 Å². The molecule has 0 aromatic carbocycles. The molecule has 0 spiro atoms. The highest BCUT2D eigenvalue weighted by atomic mass is 16.6. The van der Waals surface area contributed by atoms with Crippen molar-refractivity contribution >= 4 is 17.8 Å². The minimum absolute atomic E-state index is 0.0517. The fourth-order valence-corrected chi connectivity index (χ4v) is 2.52. The molecular formula is C16H21N5O6. The van der Waals surface area contributed by atoms with Crippen molar-refractivity contribution in [3.8, 4) is 0 Å². The number of nitrogens with zero attached hydrogens (tertiary/aromatic N) is 5. The van der Waals surface area contributed by atoms with E-state index in [2.05, 4.69) is 5.10 Å². The molecule has 0 bridgehead atoms. The van der Waals surface area contributed by atoms with Crippen molar-refractivity contribution < 1.29 is 14.4 Å². The van der Waals surface area contributed by atoms with Gasteiger partial charge in [0.15, 0.2) is 0 Å². The molecule has 2 aromatic heterocycles. The fraction of sp³-hybridized carbons (Fsp3) is 0.438. The monoisotopic (exact) mass is 379 g/mol. The molecule has 0 unspecified atom stereocenters. The van der Waals surface area contributed by atoms with Crippen LogP contribution in [0, 0.1) is 10.1 Å². The molecule has 0 aliphatic heterocycles. The summed E-state index contributed by atoms with van der Waals surface area (Å²) in [5.74, 6) is 0. The minimum atomic E-state index is -0.971. The standard InChI is InChI=1S/C16H21N5O6/c1-18-11-12(10-17-18)4-5-13-14(21(24)25)15(22)20(7-9-27-3)16(23)19(13)6-8-26-2/h4-5,10-11H,6-9H2,1-3H3/b5-4+. The molecule has 0 radical (unpaired) electrons. The van der Waals surface area contributed by atoms with Crippen LogP contribution in [0.25, 0.3) is 12.2 Å². The fourth-order valence-electron chi connectivity index (χ4n) is 2.52. The van der Waals surface area contributed by atoms with Crippen LogP contribution < -0.4 is 11.2 Å².